The van der Waals surface area contributed by atoms with E-state index in [9.17, 15) is 9.50 Å². The van der Waals surface area contributed by atoms with Crippen LogP contribution in [0.5, 0.6) is 0 Å². The van der Waals surface area contributed by atoms with Gasteiger partial charge in [0.2, 0.25) is 0 Å². The highest BCUT2D eigenvalue weighted by Gasteiger charge is 2.15. The minimum atomic E-state index is -0.839. The van der Waals surface area contributed by atoms with Crippen molar-refractivity contribution in [1.82, 2.24) is 4.98 Å². The van der Waals surface area contributed by atoms with Crippen molar-refractivity contribution < 1.29 is 9.50 Å². The quantitative estimate of drug-likeness (QED) is 0.921. The molecule has 0 spiro atoms. The van der Waals surface area contributed by atoms with Gasteiger partial charge in [0.05, 0.1) is 6.20 Å². The smallest absolute Gasteiger partial charge is 0.141 e. The van der Waals surface area contributed by atoms with Gasteiger partial charge >= 0.3 is 0 Å². The van der Waals surface area contributed by atoms with E-state index in [1.165, 1.54) is 23.6 Å². The highest BCUT2D eigenvalue weighted by atomic mass is 79.9. The Morgan fingerprint density at radius 1 is 1.40 bits per heavy atom. The molecule has 0 aromatic carbocycles. The van der Waals surface area contributed by atoms with Crippen LogP contribution in [0.2, 0.25) is 0 Å². The van der Waals surface area contributed by atoms with Gasteiger partial charge in [-0.3, -0.25) is 4.98 Å². The van der Waals surface area contributed by atoms with Crippen molar-refractivity contribution in [1.29, 1.82) is 0 Å². The minimum Gasteiger partial charge on any atom is -0.384 e. The number of aliphatic hydroxyl groups is 1. The van der Waals surface area contributed by atoms with Crippen molar-refractivity contribution in [2.24, 2.45) is 0 Å². The number of hydrogen-bond acceptors (Lipinski definition) is 3. The number of thiophene rings is 1. The molecule has 0 fully saturated rings. The van der Waals surface area contributed by atoms with Gasteiger partial charge in [0.1, 0.15) is 11.9 Å². The van der Waals surface area contributed by atoms with Crippen LogP contribution in [0.4, 0.5) is 4.39 Å². The average Bonchev–Trinajstić information content (AvgIpc) is 2.63. The first kappa shape index (κ1) is 10.7. The molecule has 2 aromatic rings. The van der Waals surface area contributed by atoms with Gasteiger partial charge in [-0.15, -0.1) is 0 Å². The standard InChI is InChI=1S/C10H7BrFNOS/c11-9-5-15-4-8(9)10(14)6-1-7(12)3-13-2-6/h1-5,10,14H. The molecule has 15 heavy (non-hydrogen) atoms. The fourth-order valence-corrected chi connectivity index (χ4v) is 2.78. The first-order valence-electron chi connectivity index (χ1n) is 4.18. The van der Waals surface area contributed by atoms with Crippen molar-refractivity contribution in [3.8, 4) is 0 Å². The highest BCUT2D eigenvalue weighted by molar-refractivity contribution is 9.10. The Bertz CT molecular complexity index is 474. The van der Waals surface area contributed by atoms with Crippen LogP contribution in [0.25, 0.3) is 0 Å². The van der Waals surface area contributed by atoms with Crippen LogP contribution in [-0.2, 0) is 0 Å². The van der Waals surface area contributed by atoms with Gasteiger partial charge in [0.15, 0.2) is 0 Å². The monoisotopic (exact) mass is 287 g/mol. The van der Waals surface area contributed by atoms with Crippen molar-refractivity contribution in [3.05, 3.63) is 50.6 Å². The second-order valence-electron chi connectivity index (χ2n) is 3.01. The molecule has 0 aliphatic heterocycles. The molecule has 78 valence electrons. The zero-order valence-electron chi connectivity index (χ0n) is 7.52. The number of aliphatic hydroxyl groups excluding tert-OH is 1. The van der Waals surface area contributed by atoms with Crippen molar-refractivity contribution >= 4 is 27.3 Å². The van der Waals surface area contributed by atoms with E-state index in [1.54, 1.807) is 0 Å². The van der Waals surface area contributed by atoms with Gasteiger partial charge in [-0.2, -0.15) is 11.3 Å². The van der Waals surface area contributed by atoms with Gasteiger partial charge in [0.25, 0.3) is 0 Å². The summed E-state index contributed by atoms with van der Waals surface area (Å²) in [6.45, 7) is 0. The summed E-state index contributed by atoms with van der Waals surface area (Å²) in [5.41, 5.74) is 1.18. The summed E-state index contributed by atoms with van der Waals surface area (Å²) in [7, 11) is 0. The summed E-state index contributed by atoms with van der Waals surface area (Å²) in [6.07, 6.45) is 1.73. The van der Waals surface area contributed by atoms with E-state index < -0.39 is 11.9 Å². The zero-order chi connectivity index (χ0) is 10.8. The van der Waals surface area contributed by atoms with Gasteiger partial charge < -0.3 is 5.11 Å². The van der Waals surface area contributed by atoms with E-state index >= 15 is 0 Å². The molecule has 1 unspecified atom stereocenters. The molecule has 0 amide bonds. The fourth-order valence-electron chi connectivity index (χ4n) is 1.24. The summed E-state index contributed by atoms with van der Waals surface area (Å²) in [4.78, 5) is 3.70. The van der Waals surface area contributed by atoms with Crippen LogP contribution in [0.1, 0.15) is 17.2 Å². The van der Waals surface area contributed by atoms with E-state index in [-0.39, 0.29) is 0 Å². The van der Waals surface area contributed by atoms with Crippen LogP contribution in [0.3, 0.4) is 0 Å². The van der Waals surface area contributed by atoms with Crippen molar-refractivity contribution in [2.45, 2.75) is 6.10 Å². The summed E-state index contributed by atoms with van der Waals surface area (Å²) in [5, 5.41) is 13.6. The largest absolute Gasteiger partial charge is 0.384 e. The summed E-state index contributed by atoms with van der Waals surface area (Å²) in [5.74, 6) is -0.446. The molecule has 1 N–H and O–H groups in total. The van der Waals surface area contributed by atoms with Gasteiger partial charge in [-0.05, 0) is 27.4 Å². The fraction of sp³-hybridized carbons (Fsp3) is 0.100. The number of rotatable bonds is 2. The van der Waals surface area contributed by atoms with Crippen molar-refractivity contribution in [2.75, 3.05) is 0 Å². The first-order chi connectivity index (χ1) is 7.18. The molecule has 5 heteroatoms. The Morgan fingerprint density at radius 2 is 2.20 bits per heavy atom. The molecule has 0 saturated carbocycles. The summed E-state index contributed by atoms with van der Waals surface area (Å²) < 4.78 is 13.7. The van der Waals surface area contributed by atoms with Gasteiger partial charge in [-0.25, -0.2) is 4.39 Å². The highest BCUT2D eigenvalue weighted by Crippen LogP contribution is 2.31. The second-order valence-corrected chi connectivity index (χ2v) is 4.61. The molecule has 0 bridgehead atoms. The first-order valence-corrected chi connectivity index (χ1v) is 5.92. The number of nitrogens with zero attached hydrogens (tertiary/aromatic N) is 1. The van der Waals surface area contributed by atoms with E-state index in [4.69, 9.17) is 0 Å². The minimum absolute atomic E-state index is 0.446. The number of hydrogen-bond donors (Lipinski definition) is 1. The number of aromatic nitrogens is 1. The Morgan fingerprint density at radius 3 is 2.80 bits per heavy atom. The van der Waals surface area contributed by atoms with Gasteiger partial charge in [0, 0.05) is 27.2 Å². The van der Waals surface area contributed by atoms with E-state index in [1.807, 2.05) is 10.8 Å². The third-order valence-electron chi connectivity index (χ3n) is 1.98. The number of pyridine rings is 1. The van der Waals surface area contributed by atoms with E-state index in [0.717, 1.165) is 16.2 Å². The zero-order valence-corrected chi connectivity index (χ0v) is 9.93. The maximum Gasteiger partial charge on any atom is 0.141 e. The molecular weight excluding hydrogens is 281 g/mol. The van der Waals surface area contributed by atoms with Crippen LogP contribution >= 0.6 is 27.3 Å². The van der Waals surface area contributed by atoms with Gasteiger partial charge in [-0.1, -0.05) is 0 Å². The Balaban J connectivity index is 2.36. The third kappa shape index (κ3) is 2.25. The lowest BCUT2D eigenvalue weighted by Gasteiger charge is -2.09. The molecule has 0 aliphatic rings. The lowest BCUT2D eigenvalue weighted by atomic mass is 10.1. The van der Waals surface area contributed by atoms with Crippen LogP contribution < -0.4 is 0 Å². The number of halogens is 2. The predicted octanol–water partition coefficient (Wildman–Crippen LogP) is 3.13. The second kappa shape index (κ2) is 4.38. The lowest BCUT2D eigenvalue weighted by molar-refractivity contribution is 0.219. The molecule has 2 heterocycles. The molecule has 1 atom stereocenters. The molecule has 0 radical (unpaired) electrons. The Hall–Kier alpha value is -0.780. The summed E-state index contributed by atoms with van der Waals surface area (Å²) >= 11 is 4.79. The molecule has 0 saturated heterocycles. The van der Waals surface area contributed by atoms with Crippen molar-refractivity contribution in [3.63, 3.8) is 0 Å². The van der Waals surface area contributed by atoms with E-state index in [0.29, 0.717) is 5.56 Å². The maximum atomic E-state index is 12.9. The molecule has 2 rings (SSSR count). The average molecular weight is 288 g/mol. The Kier molecular flexibility index (Phi) is 3.14. The molecule has 2 aromatic heterocycles. The molecule has 0 aliphatic carbocycles. The van der Waals surface area contributed by atoms with Crippen LogP contribution in [0.15, 0.2) is 33.7 Å². The van der Waals surface area contributed by atoms with Crippen LogP contribution in [-0.4, -0.2) is 10.1 Å². The normalized spacial score (nSPS) is 12.7. The third-order valence-corrected chi connectivity index (χ3v) is 3.73. The summed E-state index contributed by atoms with van der Waals surface area (Å²) in [6, 6.07) is 1.28. The molecular formula is C10H7BrFNOS. The Labute approximate surface area is 98.5 Å². The predicted molar refractivity (Wildman–Crippen MR) is 60.3 cm³/mol. The van der Waals surface area contributed by atoms with E-state index in [2.05, 4.69) is 20.9 Å². The topological polar surface area (TPSA) is 33.1 Å². The lowest BCUT2D eigenvalue weighted by Crippen LogP contribution is -2.00. The maximum absolute atomic E-state index is 12.9. The SMILES string of the molecule is OC(c1cncc(F)c1)c1cscc1Br. The molecule has 2 nitrogen and oxygen atoms in total. The van der Waals surface area contributed by atoms with Crippen LogP contribution in [0, 0.1) is 5.82 Å².